The lowest BCUT2D eigenvalue weighted by Crippen LogP contribution is -2.15. The first-order chi connectivity index (χ1) is 13.7. The summed E-state index contributed by atoms with van der Waals surface area (Å²) < 4.78 is 4.16. The molecule has 142 valence electrons. The number of fused-ring (bicyclic) bond motifs is 1. The minimum atomic E-state index is -0.124. The van der Waals surface area contributed by atoms with E-state index >= 15 is 0 Å². The van der Waals surface area contributed by atoms with E-state index in [0.717, 1.165) is 41.1 Å². The molecule has 0 saturated heterocycles. The minimum absolute atomic E-state index is 0.124. The van der Waals surface area contributed by atoms with Crippen molar-refractivity contribution in [1.29, 1.82) is 0 Å². The molecule has 6 heteroatoms. The third-order valence-corrected chi connectivity index (χ3v) is 4.89. The highest BCUT2D eigenvalue weighted by molar-refractivity contribution is 6.06. The zero-order chi connectivity index (χ0) is 19.5. The highest BCUT2D eigenvalue weighted by atomic mass is 16.1. The Hall–Kier alpha value is -3.41. The molecule has 1 amide bonds. The van der Waals surface area contributed by atoms with Crippen LogP contribution in [0.5, 0.6) is 0 Å². The Morgan fingerprint density at radius 2 is 2.00 bits per heavy atom. The van der Waals surface area contributed by atoms with E-state index in [0.29, 0.717) is 12.1 Å². The van der Waals surface area contributed by atoms with Gasteiger partial charge in [-0.1, -0.05) is 25.1 Å². The Balaban J connectivity index is 1.60. The van der Waals surface area contributed by atoms with Crippen LogP contribution in [0.4, 0.5) is 5.69 Å². The highest BCUT2D eigenvalue weighted by Crippen LogP contribution is 2.22. The summed E-state index contributed by atoms with van der Waals surface area (Å²) in [5.41, 5.74) is 4.35. The van der Waals surface area contributed by atoms with Crippen LogP contribution in [0.15, 0.2) is 61.2 Å². The Kier molecular flexibility index (Phi) is 4.93. The molecule has 2 heterocycles. The van der Waals surface area contributed by atoms with Gasteiger partial charge < -0.3 is 14.5 Å². The third-order valence-electron chi connectivity index (χ3n) is 4.89. The van der Waals surface area contributed by atoms with E-state index in [9.17, 15) is 4.79 Å². The molecule has 0 aliphatic carbocycles. The van der Waals surface area contributed by atoms with Gasteiger partial charge in [0.15, 0.2) is 0 Å². The summed E-state index contributed by atoms with van der Waals surface area (Å²) >= 11 is 0. The van der Waals surface area contributed by atoms with Gasteiger partial charge in [0.05, 0.1) is 17.4 Å². The van der Waals surface area contributed by atoms with Crippen LogP contribution in [0, 0.1) is 0 Å². The van der Waals surface area contributed by atoms with Crippen LogP contribution in [0.1, 0.15) is 35.6 Å². The van der Waals surface area contributed by atoms with Gasteiger partial charge in [0.2, 0.25) is 0 Å². The van der Waals surface area contributed by atoms with Crippen molar-refractivity contribution in [3.8, 4) is 0 Å². The van der Waals surface area contributed by atoms with Crippen LogP contribution in [0.2, 0.25) is 0 Å². The predicted octanol–water partition coefficient (Wildman–Crippen LogP) is 4.12. The Morgan fingerprint density at radius 3 is 2.75 bits per heavy atom. The van der Waals surface area contributed by atoms with E-state index < -0.39 is 0 Å². The molecule has 6 nitrogen and oxygen atoms in total. The van der Waals surface area contributed by atoms with Gasteiger partial charge in [-0.2, -0.15) is 0 Å². The van der Waals surface area contributed by atoms with Crippen molar-refractivity contribution in [3.63, 3.8) is 0 Å². The van der Waals surface area contributed by atoms with E-state index in [2.05, 4.69) is 28.7 Å². The average Bonchev–Trinajstić information content (AvgIpc) is 3.34. The zero-order valence-electron chi connectivity index (χ0n) is 16.1. The lowest BCUT2D eigenvalue weighted by molar-refractivity contribution is 0.102. The number of nitrogens with one attached hydrogen (secondary N) is 1. The molecule has 0 bridgehead atoms. The number of aryl methyl sites for hydroxylation is 2. The van der Waals surface area contributed by atoms with Crippen LogP contribution in [0.3, 0.4) is 0 Å². The molecule has 0 unspecified atom stereocenters. The largest absolute Gasteiger partial charge is 0.333 e. The lowest BCUT2D eigenvalue weighted by atomic mass is 10.1. The number of hydrogen-bond donors (Lipinski definition) is 1. The van der Waals surface area contributed by atoms with Gasteiger partial charge >= 0.3 is 0 Å². The molecule has 0 aliphatic rings. The number of carbonyl (C=O) groups is 1. The van der Waals surface area contributed by atoms with Gasteiger partial charge in [0.25, 0.3) is 5.91 Å². The maximum absolute atomic E-state index is 12.9. The van der Waals surface area contributed by atoms with E-state index in [1.54, 1.807) is 12.5 Å². The summed E-state index contributed by atoms with van der Waals surface area (Å²) in [5.74, 6) is 0.937. The van der Waals surface area contributed by atoms with Crippen molar-refractivity contribution in [2.45, 2.75) is 33.4 Å². The molecule has 4 rings (SSSR count). The second-order valence-corrected chi connectivity index (χ2v) is 6.68. The molecule has 28 heavy (non-hydrogen) atoms. The smallest absolute Gasteiger partial charge is 0.256 e. The summed E-state index contributed by atoms with van der Waals surface area (Å²) in [6, 6.07) is 13.5. The van der Waals surface area contributed by atoms with Gasteiger partial charge in [-0.25, -0.2) is 9.97 Å². The molecule has 0 atom stereocenters. The third kappa shape index (κ3) is 3.41. The summed E-state index contributed by atoms with van der Waals surface area (Å²) in [4.78, 5) is 21.7. The molecule has 4 aromatic rings. The van der Waals surface area contributed by atoms with Crippen LogP contribution in [-0.2, 0) is 19.5 Å². The van der Waals surface area contributed by atoms with Crippen molar-refractivity contribution >= 4 is 22.6 Å². The summed E-state index contributed by atoms with van der Waals surface area (Å²) in [6.07, 6.45) is 6.25. The normalized spacial score (nSPS) is 11.1. The molecule has 0 spiro atoms. The van der Waals surface area contributed by atoms with Crippen molar-refractivity contribution < 1.29 is 4.79 Å². The fourth-order valence-electron chi connectivity index (χ4n) is 3.54. The van der Waals surface area contributed by atoms with E-state index in [1.165, 1.54) is 0 Å². The number of imidazole rings is 2. The number of anilines is 1. The number of benzene rings is 2. The number of rotatable bonds is 6. The first-order valence-corrected chi connectivity index (χ1v) is 9.53. The summed E-state index contributed by atoms with van der Waals surface area (Å²) in [6.45, 7) is 5.71. The molecule has 0 radical (unpaired) electrons. The first-order valence-electron chi connectivity index (χ1n) is 9.53. The lowest BCUT2D eigenvalue weighted by Gasteiger charge is -2.11. The van der Waals surface area contributed by atoms with Crippen molar-refractivity contribution in [2.24, 2.45) is 0 Å². The van der Waals surface area contributed by atoms with Gasteiger partial charge in [0, 0.05) is 43.2 Å². The number of nitrogens with zero attached hydrogens (tertiary/aromatic N) is 4. The van der Waals surface area contributed by atoms with Crippen molar-refractivity contribution in [3.05, 3.63) is 78.1 Å². The van der Waals surface area contributed by atoms with Crippen molar-refractivity contribution in [2.75, 3.05) is 5.32 Å². The predicted molar refractivity (Wildman–Crippen MR) is 111 cm³/mol. The molecule has 1 N–H and O–H groups in total. The van der Waals surface area contributed by atoms with E-state index in [1.807, 2.05) is 53.2 Å². The van der Waals surface area contributed by atoms with Gasteiger partial charge in [0.1, 0.15) is 5.82 Å². The monoisotopic (exact) mass is 373 g/mol. The number of amides is 1. The SMILES string of the molecule is CCc1nc2cc(NC(=O)c3ccccc3Cn3ccnc3)ccc2n1CC. The Labute approximate surface area is 163 Å². The molecule has 2 aromatic carbocycles. The fourth-order valence-corrected chi connectivity index (χ4v) is 3.54. The van der Waals surface area contributed by atoms with Crippen LogP contribution < -0.4 is 5.32 Å². The molecular weight excluding hydrogens is 350 g/mol. The maximum atomic E-state index is 12.9. The van der Waals surface area contributed by atoms with E-state index in [4.69, 9.17) is 4.98 Å². The standard InChI is InChI=1S/C22H23N5O/c1-3-21-25-19-13-17(9-10-20(19)27(21)4-2)24-22(28)18-8-6-5-7-16(18)14-26-12-11-23-15-26/h5-13,15H,3-4,14H2,1-2H3,(H,24,28). The Bertz CT molecular complexity index is 1110. The van der Waals surface area contributed by atoms with Crippen molar-refractivity contribution in [1.82, 2.24) is 19.1 Å². The quantitative estimate of drug-likeness (QED) is 0.553. The maximum Gasteiger partial charge on any atom is 0.256 e. The van der Waals surface area contributed by atoms with Gasteiger partial charge in [-0.15, -0.1) is 0 Å². The summed E-state index contributed by atoms with van der Waals surface area (Å²) in [5, 5.41) is 3.02. The second-order valence-electron chi connectivity index (χ2n) is 6.68. The summed E-state index contributed by atoms with van der Waals surface area (Å²) in [7, 11) is 0. The topological polar surface area (TPSA) is 64.7 Å². The van der Waals surface area contributed by atoms with Crippen LogP contribution in [-0.4, -0.2) is 25.0 Å². The first kappa shape index (κ1) is 18.0. The number of aromatic nitrogens is 4. The second kappa shape index (κ2) is 7.68. The van der Waals surface area contributed by atoms with Crippen LogP contribution in [0.25, 0.3) is 11.0 Å². The van der Waals surface area contributed by atoms with Crippen LogP contribution >= 0.6 is 0 Å². The molecule has 0 fully saturated rings. The minimum Gasteiger partial charge on any atom is -0.333 e. The van der Waals surface area contributed by atoms with Gasteiger partial charge in [-0.05, 0) is 36.8 Å². The highest BCUT2D eigenvalue weighted by Gasteiger charge is 2.13. The molecule has 0 saturated carbocycles. The van der Waals surface area contributed by atoms with Gasteiger partial charge in [-0.3, -0.25) is 4.79 Å². The number of hydrogen-bond acceptors (Lipinski definition) is 3. The molecule has 2 aromatic heterocycles. The molecular formula is C22H23N5O. The van der Waals surface area contributed by atoms with E-state index in [-0.39, 0.29) is 5.91 Å². The Morgan fingerprint density at radius 1 is 1.14 bits per heavy atom. The number of carbonyl (C=O) groups excluding carboxylic acids is 1. The molecule has 0 aliphatic heterocycles. The average molecular weight is 373 g/mol. The fraction of sp³-hybridized carbons (Fsp3) is 0.227. The zero-order valence-corrected chi connectivity index (χ0v) is 16.1.